The predicted octanol–water partition coefficient (Wildman–Crippen LogP) is 7.31. The van der Waals surface area contributed by atoms with Crippen molar-refractivity contribution in [3.8, 4) is 11.3 Å². The Morgan fingerprint density at radius 2 is 1.67 bits per heavy atom. The van der Waals surface area contributed by atoms with E-state index in [9.17, 15) is 35.5 Å². The average Bonchev–Trinajstić information content (AvgIpc) is 3.32. The van der Waals surface area contributed by atoms with Crippen molar-refractivity contribution >= 4 is 0 Å². The lowest BCUT2D eigenvalue weighted by atomic mass is 9.84. The molecule has 0 amide bonds. The Bertz CT molecular complexity index is 1570. The van der Waals surface area contributed by atoms with E-state index < -0.39 is 41.4 Å². The topological polar surface area (TPSA) is 65.6 Å². The van der Waals surface area contributed by atoms with Crippen LogP contribution in [0.1, 0.15) is 66.1 Å². The molecule has 1 aromatic carbocycles. The van der Waals surface area contributed by atoms with Gasteiger partial charge in [0.05, 0.1) is 35.3 Å². The largest absolute Gasteiger partial charge is 0.433 e. The number of hydrogen-bond acceptors (Lipinski definition) is 4. The molecule has 0 N–H and O–H groups in total. The van der Waals surface area contributed by atoms with E-state index >= 15 is 0 Å². The molecule has 13 heteroatoms. The molecule has 3 heterocycles. The van der Waals surface area contributed by atoms with E-state index in [1.165, 1.54) is 18.2 Å². The van der Waals surface area contributed by atoms with Crippen molar-refractivity contribution in [3.05, 3.63) is 99.1 Å². The molecule has 5 rings (SSSR count). The number of aromatic nitrogens is 5. The fourth-order valence-corrected chi connectivity index (χ4v) is 5.04. The Kier molecular flexibility index (Phi) is 9.17. The van der Waals surface area contributed by atoms with E-state index in [-0.39, 0.29) is 28.6 Å². The summed E-state index contributed by atoms with van der Waals surface area (Å²) in [7, 11) is 1.13. The molecule has 0 aliphatic heterocycles. The average molecular weight is 596 g/mol. The van der Waals surface area contributed by atoms with Crippen LogP contribution in [0.3, 0.4) is 0 Å². The number of benzene rings is 1. The van der Waals surface area contributed by atoms with E-state index in [4.69, 9.17) is 0 Å². The van der Waals surface area contributed by atoms with Crippen molar-refractivity contribution in [2.24, 2.45) is 7.05 Å². The zero-order valence-electron chi connectivity index (χ0n) is 22.8. The molecule has 6 nitrogen and oxygen atoms in total. The van der Waals surface area contributed by atoms with Gasteiger partial charge in [0.15, 0.2) is 5.69 Å². The van der Waals surface area contributed by atoms with Gasteiger partial charge in [0, 0.05) is 18.8 Å². The van der Waals surface area contributed by atoms with Gasteiger partial charge < -0.3 is 0 Å². The summed E-state index contributed by atoms with van der Waals surface area (Å²) in [6.45, 7) is 1.23. The molecule has 1 aliphatic carbocycles. The van der Waals surface area contributed by atoms with Crippen molar-refractivity contribution < 1.29 is 30.7 Å². The van der Waals surface area contributed by atoms with Crippen molar-refractivity contribution in [2.45, 2.75) is 63.8 Å². The molecule has 224 valence electrons. The zero-order chi connectivity index (χ0) is 30.7. The molecule has 0 radical (unpaired) electrons. The molecule has 42 heavy (non-hydrogen) atoms. The first-order chi connectivity index (χ1) is 19.8. The number of nitrogens with zero attached hydrogens (tertiary/aromatic N) is 5. The summed E-state index contributed by atoms with van der Waals surface area (Å²) in [4.78, 5) is 17.0. The van der Waals surface area contributed by atoms with E-state index in [0.717, 1.165) is 61.1 Å². The Morgan fingerprint density at radius 1 is 0.952 bits per heavy atom. The lowest BCUT2D eigenvalue weighted by Crippen LogP contribution is -2.30. The highest BCUT2D eigenvalue weighted by Crippen LogP contribution is 2.38. The number of aryl methyl sites for hydroxylation is 2. The summed E-state index contributed by atoms with van der Waals surface area (Å²) in [5.74, 6) is -0.379. The van der Waals surface area contributed by atoms with Crippen LogP contribution < -0.4 is 5.56 Å². The van der Waals surface area contributed by atoms with Crippen LogP contribution in [0.4, 0.5) is 30.7 Å². The Morgan fingerprint density at radius 3 is 2.26 bits per heavy atom. The zero-order valence-corrected chi connectivity index (χ0v) is 22.8. The molecule has 0 bridgehead atoms. The third kappa shape index (κ3) is 7.24. The Labute approximate surface area is 236 Å². The molecule has 1 aliphatic rings. The van der Waals surface area contributed by atoms with E-state index in [1.54, 1.807) is 6.07 Å². The van der Waals surface area contributed by atoms with Crippen LogP contribution in [0.2, 0.25) is 0 Å². The summed E-state index contributed by atoms with van der Waals surface area (Å²) in [5.41, 5.74) is -2.50. The molecule has 0 saturated heterocycles. The standard InChI is InChI=1S/C22H21F6N5O.C7H7F/c1-32-19(22(26,27)28)15(11-30-32)17-10-14(13-6-3-2-4-7-13)20(34)33(31-17)12-18-16(21(23,24)25)8-5-9-29-18;1-6-3-2-4-7(8)5-6/h5,8-11,13H,2-4,6-7,12H2,1H3;2-5H,1H3. The maximum atomic E-state index is 13.7. The van der Waals surface area contributed by atoms with Gasteiger partial charge in [-0.15, -0.1) is 0 Å². The highest BCUT2D eigenvalue weighted by atomic mass is 19.4. The predicted molar refractivity (Wildman–Crippen MR) is 141 cm³/mol. The van der Waals surface area contributed by atoms with Crippen molar-refractivity contribution in [2.75, 3.05) is 0 Å². The summed E-state index contributed by atoms with van der Waals surface area (Å²) in [6, 6.07) is 9.78. The number of pyridine rings is 1. The molecule has 0 atom stereocenters. The summed E-state index contributed by atoms with van der Waals surface area (Å²) in [6.07, 6.45) is -3.32. The minimum atomic E-state index is -4.75. The molecule has 4 aromatic rings. The van der Waals surface area contributed by atoms with Crippen molar-refractivity contribution in [3.63, 3.8) is 0 Å². The monoisotopic (exact) mass is 595 g/mol. The van der Waals surface area contributed by atoms with Gasteiger partial charge in [-0.2, -0.15) is 36.5 Å². The number of hydrogen-bond donors (Lipinski definition) is 0. The molecule has 1 saturated carbocycles. The van der Waals surface area contributed by atoms with Crippen LogP contribution in [0.15, 0.2) is 59.7 Å². The molecular weight excluding hydrogens is 567 g/mol. The summed E-state index contributed by atoms with van der Waals surface area (Å²) in [5, 5.41) is 7.74. The van der Waals surface area contributed by atoms with Gasteiger partial charge in [-0.05, 0) is 61.6 Å². The normalized spacial score (nSPS) is 14.4. The minimum Gasteiger partial charge on any atom is -0.267 e. The Hall–Kier alpha value is -4.03. The van der Waals surface area contributed by atoms with Crippen LogP contribution in [0.25, 0.3) is 11.3 Å². The van der Waals surface area contributed by atoms with Gasteiger partial charge in [0.25, 0.3) is 5.56 Å². The van der Waals surface area contributed by atoms with Crippen LogP contribution >= 0.6 is 0 Å². The van der Waals surface area contributed by atoms with Crippen LogP contribution in [0.5, 0.6) is 0 Å². The lowest BCUT2D eigenvalue weighted by Gasteiger charge is -2.23. The van der Waals surface area contributed by atoms with Gasteiger partial charge in [0.2, 0.25) is 0 Å². The maximum absolute atomic E-state index is 13.7. The maximum Gasteiger partial charge on any atom is 0.433 e. The SMILES string of the molecule is Cc1cccc(F)c1.Cn1ncc(-c2cc(C3CCCCC3)c(=O)n(Cc3ncccc3C(F)(F)F)n2)c1C(F)(F)F. The molecular formula is C29H28F7N5O. The number of alkyl halides is 6. The first-order valence-electron chi connectivity index (χ1n) is 13.2. The van der Waals surface area contributed by atoms with Crippen LogP contribution in [-0.4, -0.2) is 24.5 Å². The summed E-state index contributed by atoms with van der Waals surface area (Å²) < 4.78 is 95.1. The smallest absolute Gasteiger partial charge is 0.267 e. The summed E-state index contributed by atoms with van der Waals surface area (Å²) >= 11 is 0. The first-order valence-corrected chi connectivity index (χ1v) is 13.2. The second-order valence-corrected chi connectivity index (χ2v) is 10.1. The Balaban J connectivity index is 0.000000437. The third-order valence-corrected chi connectivity index (χ3v) is 7.01. The van der Waals surface area contributed by atoms with E-state index in [2.05, 4.69) is 15.2 Å². The van der Waals surface area contributed by atoms with E-state index in [0.29, 0.717) is 17.5 Å². The highest BCUT2D eigenvalue weighted by molar-refractivity contribution is 5.62. The van der Waals surface area contributed by atoms with E-state index in [1.807, 2.05) is 13.0 Å². The van der Waals surface area contributed by atoms with Gasteiger partial charge >= 0.3 is 12.4 Å². The lowest BCUT2D eigenvalue weighted by molar-refractivity contribution is -0.143. The van der Waals surface area contributed by atoms with Crippen molar-refractivity contribution in [1.29, 1.82) is 0 Å². The molecule has 1 fully saturated rings. The third-order valence-electron chi connectivity index (χ3n) is 7.01. The van der Waals surface area contributed by atoms with Gasteiger partial charge in [0.1, 0.15) is 5.82 Å². The van der Waals surface area contributed by atoms with Crippen LogP contribution in [0, 0.1) is 12.7 Å². The quantitative estimate of drug-likeness (QED) is 0.232. The van der Waals surface area contributed by atoms with Gasteiger partial charge in [-0.1, -0.05) is 31.4 Å². The van der Waals surface area contributed by atoms with Gasteiger partial charge in [-0.25, -0.2) is 9.07 Å². The fourth-order valence-electron chi connectivity index (χ4n) is 5.04. The molecule has 0 unspecified atom stereocenters. The second kappa shape index (κ2) is 12.5. The van der Waals surface area contributed by atoms with Gasteiger partial charge in [-0.3, -0.25) is 14.5 Å². The number of halogens is 7. The minimum absolute atomic E-state index is 0.162. The number of rotatable bonds is 4. The van der Waals surface area contributed by atoms with Crippen molar-refractivity contribution in [1.82, 2.24) is 24.5 Å². The molecule has 0 spiro atoms. The second-order valence-electron chi connectivity index (χ2n) is 10.1. The highest BCUT2D eigenvalue weighted by Gasteiger charge is 2.39. The van der Waals surface area contributed by atoms with Crippen LogP contribution in [-0.2, 0) is 25.9 Å². The molecule has 3 aromatic heterocycles. The first kappa shape index (κ1) is 30.9. The fraction of sp³-hybridized carbons (Fsp3) is 0.379.